The van der Waals surface area contributed by atoms with Crippen LogP contribution in [-0.4, -0.2) is 60.1 Å². The quantitative estimate of drug-likeness (QED) is 0.686. The molecule has 0 aromatic heterocycles. The number of benzene rings is 1. The highest BCUT2D eigenvalue weighted by atomic mass is 35.5. The molecule has 1 aliphatic rings. The molecule has 22 heavy (non-hydrogen) atoms. The predicted molar refractivity (Wildman–Crippen MR) is 83.8 cm³/mol. The van der Waals surface area contributed by atoms with Crippen LogP contribution in [0, 0.1) is 0 Å². The second-order valence-electron chi connectivity index (χ2n) is 5.19. The lowest BCUT2D eigenvalue weighted by Gasteiger charge is -2.40. The number of carboxylic acids is 1. The van der Waals surface area contributed by atoms with Crippen molar-refractivity contribution < 1.29 is 14.7 Å². The number of aliphatic carboxylic acids is 1. The highest BCUT2D eigenvalue weighted by Crippen LogP contribution is 2.26. The molecule has 1 fully saturated rings. The molecule has 7 nitrogen and oxygen atoms in total. The topological polar surface area (TPSA) is 113 Å². The normalized spacial score (nSPS) is 18.7. The van der Waals surface area contributed by atoms with Crippen molar-refractivity contribution in [1.82, 2.24) is 4.90 Å². The first-order valence-electron chi connectivity index (χ1n) is 6.93. The molecule has 2 atom stereocenters. The van der Waals surface area contributed by atoms with Gasteiger partial charge >= 0.3 is 5.97 Å². The number of carboxylic acid groups (broad SMARTS) is 1. The Morgan fingerprint density at radius 2 is 1.77 bits per heavy atom. The number of hydrogen-bond acceptors (Lipinski definition) is 5. The monoisotopic (exact) mass is 326 g/mol. The van der Waals surface area contributed by atoms with Gasteiger partial charge in [0, 0.05) is 26.2 Å². The van der Waals surface area contributed by atoms with Gasteiger partial charge in [-0.15, -0.1) is 0 Å². The van der Waals surface area contributed by atoms with Gasteiger partial charge in [0.15, 0.2) is 0 Å². The molecule has 1 aromatic carbocycles. The molecule has 5 N–H and O–H groups in total. The number of piperazine rings is 1. The summed E-state index contributed by atoms with van der Waals surface area (Å²) in [4.78, 5) is 26.4. The Morgan fingerprint density at radius 1 is 1.18 bits per heavy atom. The maximum atomic E-state index is 11.6. The zero-order valence-corrected chi connectivity index (χ0v) is 12.7. The average molecular weight is 327 g/mol. The van der Waals surface area contributed by atoms with E-state index in [1.54, 1.807) is 4.90 Å². The van der Waals surface area contributed by atoms with Gasteiger partial charge in [0.05, 0.1) is 10.7 Å². The fraction of sp³-hybridized carbons (Fsp3) is 0.429. The Morgan fingerprint density at radius 3 is 2.27 bits per heavy atom. The van der Waals surface area contributed by atoms with Gasteiger partial charge in [0.25, 0.3) is 0 Å². The molecule has 1 aromatic rings. The van der Waals surface area contributed by atoms with Crippen molar-refractivity contribution in [3.8, 4) is 0 Å². The van der Waals surface area contributed by atoms with Gasteiger partial charge in [-0.2, -0.15) is 0 Å². The Balaban J connectivity index is 2.06. The summed E-state index contributed by atoms with van der Waals surface area (Å²) in [7, 11) is 0. The molecule has 120 valence electrons. The average Bonchev–Trinajstić information content (AvgIpc) is 2.48. The molecule has 1 amide bonds. The third-order valence-electron chi connectivity index (χ3n) is 3.82. The number of para-hydroxylation sites is 1. The largest absolute Gasteiger partial charge is 0.480 e. The fourth-order valence-corrected chi connectivity index (χ4v) is 2.92. The number of nitrogens with two attached hydrogens (primary N) is 2. The zero-order chi connectivity index (χ0) is 16.3. The van der Waals surface area contributed by atoms with Crippen LogP contribution in [0.5, 0.6) is 0 Å². The van der Waals surface area contributed by atoms with Crippen molar-refractivity contribution >= 4 is 29.2 Å². The molecule has 0 spiro atoms. The van der Waals surface area contributed by atoms with E-state index in [0.717, 1.165) is 5.69 Å². The van der Waals surface area contributed by atoms with Crippen LogP contribution in [0.3, 0.4) is 0 Å². The second kappa shape index (κ2) is 6.95. The zero-order valence-electron chi connectivity index (χ0n) is 12.0. The lowest BCUT2D eigenvalue weighted by Crippen LogP contribution is -2.62. The van der Waals surface area contributed by atoms with Crippen LogP contribution in [-0.2, 0) is 9.59 Å². The van der Waals surface area contributed by atoms with E-state index in [1.165, 1.54) is 0 Å². The molecular weight excluding hydrogens is 308 g/mol. The number of nitrogens with zero attached hydrogens (tertiary/aromatic N) is 2. The van der Waals surface area contributed by atoms with Gasteiger partial charge in [-0.25, -0.2) is 0 Å². The molecule has 0 saturated carbocycles. The highest BCUT2D eigenvalue weighted by molar-refractivity contribution is 6.33. The standard InChI is InChI=1S/C14H19ClN4O3/c15-9-3-1-2-4-10(9)18-5-7-19(8-6-18)12(13(17)20)11(16)14(21)22/h1-4,11-12H,5-8,16H2,(H2,17,20)(H,21,22)/t11-,12?/m0/s1. The number of carbonyl (C=O) groups excluding carboxylic acids is 1. The number of amides is 1. The Bertz CT molecular complexity index is 561. The van der Waals surface area contributed by atoms with E-state index >= 15 is 0 Å². The summed E-state index contributed by atoms with van der Waals surface area (Å²) in [6.07, 6.45) is 0. The Hall–Kier alpha value is -1.83. The van der Waals surface area contributed by atoms with E-state index in [1.807, 2.05) is 24.3 Å². The van der Waals surface area contributed by atoms with E-state index in [9.17, 15) is 9.59 Å². The minimum atomic E-state index is -1.33. The van der Waals surface area contributed by atoms with E-state index in [4.69, 9.17) is 28.2 Å². The van der Waals surface area contributed by atoms with Gasteiger partial charge < -0.3 is 21.5 Å². The number of primary amides is 1. The van der Waals surface area contributed by atoms with Crippen LogP contribution < -0.4 is 16.4 Å². The van der Waals surface area contributed by atoms with Crippen molar-refractivity contribution in [1.29, 1.82) is 0 Å². The summed E-state index contributed by atoms with van der Waals surface area (Å²) in [5, 5.41) is 9.67. The maximum absolute atomic E-state index is 11.6. The van der Waals surface area contributed by atoms with Crippen LogP contribution in [0.1, 0.15) is 0 Å². The third kappa shape index (κ3) is 3.49. The van der Waals surface area contributed by atoms with Gasteiger partial charge in [0.2, 0.25) is 5.91 Å². The van der Waals surface area contributed by atoms with E-state index < -0.39 is 24.0 Å². The van der Waals surface area contributed by atoms with Gasteiger partial charge in [-0.1, -0.05) is 23.7 Å². The highest BCUT2D eigenvalue weighted by Gasteiger charge is 2.36. The molecule has 0 bridgehead atoms. The molecule has 1 aliphatic heterocycles. The molecule has 1 heterocycles. The first kappa shape index (κ1) is 16.5. The summed E-state index contributed by atoms with van der Waals surface area (Å²) >= 11 is 6.17. The van der Waals surface area contributed by atoms with E-state index in [-0.39, 0.29) is 0 Å². The van der Waals surface area contributed by atoms with Crippen LogP contribution in [0.15, 0.2) is 24.3 Å². The first-order valence-corrected chi connectivity index (χ1v) is 7.31. The maximum Gasteiger partial charge on any atom is 0.322 e. The smallest absolute Gasteiger partial charge is 0.322 e. The first-order chi connectivity index (χ1) is 10.4. The lowest BCUT2D eigenvalue weighted by molar-refractivity contribution is -0.143. The summed E-state index contributed by atoms with van der Waals surface area (Å²) in [6, 6.07) is 5.16. The van der Waals surface area contributed by atoms with Gasteiger partial charge in [-0.3, -0.25) is 14.5 Å². The second-order valence-corrected chi connectivity index (χ2v) is 5.59. The molecule has 1 unspecified atom stereocenters. The van der Waals surface area contributed by atoms with Crippen molar-refractivity contribution in [2.24, 2.45) is 11.5 Å². The Labute approximate surface area is 133 Å². The van der Waals surface area contributed by atoms with Crippen LogP contribution in [0.25, 0.3) is 0 Å². The van der Waals surface area contributed by atoms with Crippen molar-refractivity contribution in [3.05, 3.63) is 29.3 Å². The van der Waals surface area contributed by atoms with E-state index in [2.05, 4.69) is 4.90 Å². The van der Waals surface area contributed by atoms with Crippen LogP contribution >= 0.6 is 11.6 Å². The lowest BCUT2D eigenvalue weighted by atomic mass is 10.1. The number of rotatable bonds is 5. The van der Waals surface area contributed by atoms with E-state index in [0.29, 0.717) is 31.2 Å². The van der Waals surface area contributed by atoms with Crippen LogP contribution in [0.2, 0.25) is 5.02 Å². The minimum Gasteiger partial charge on any atom is -0.480 e. The molecule has 2 rings (SSSR count). The number of anilines is 1. The molecule has 8 heteroatoms. The minimum absolute atomic E-state index is 0.486. The van der Waals surface area contributed by atoms with Crippen molar-refractivity contribution in [3.63, 3.8) is 0 Å². The molecule has 0 radical (unpaired) electrons. The molecular formula is C14H19ClN4O3. The predicted octanol–water partition coefficient (Wildman–Crippen LogP) is -0.272. The molecule has 0 aliphatic carbocycles. The van der Waals surface area contributed by atoms with Crippen molar-refractivity contribution in [2.45, 2.75) is 12.1 Å². The summed E-state index contributed by atoms with van der Waals surface area (Å²) in [6.45, 7) is 2.19. The number of hydrogen-bond donors (Lipinski definition) is 3. The SMILES string of the molecule is NC(=O)C([C@H](N)C(=O)O)N1CCN(c2ccccc2Cl)CC1. The third-order valence-corrected chi connectivity index (χ3v) is 4.14. The molecule has 1 saturated heterocycles. The summed E-state index contributed by atoms with van der Waals surface area (Å²) in [5.41, 5.74) is 11.8. The summed E-state index contributed by atoms with van der Waals surface area (Å²) < 4.78 is 0. The van der Waals surface area contributed by atoms with Gasteiger partial charge in [0.1, 0.15) is 12.1 Å². The fourth-order valence-electron chi connectivity index (χ4n) is 2.67. The van der Waals surface area contributed by atoms with Crippen LogP contribution in [0.4, 0.5) is 5.69 Å². The number of halogens is 1. The summed E-state index contributed by atoms with van der Waals surface area (Å²) in [5.74, 6) is -1.96. The van der Waals surface area contributed by atoms with Gasteiger partial charge in [-0.05, 0) is 12.1 Å². The number of carbonyl (C=O) groups is 2. The Kier molecular flexibility index (Phi) is 5.23. The van der Waals surface area contributed by atoms with Crippen molar-refractivity contribution in [2.75, 3.05) is 31.1 Å².